The Bertz CT molecular complexity index is 286. The molecule has 0 bridgehead atoms. The minimum atomic E-state index is -0.00575. The Kier molecular flexibility index (Phi) is 4.62. The van der Waals surface area contributed by atoms with Gasteiger partial charge in [0.2, 0.25) is 5.91 Å². The molecule has 0 aromatic rings. The largest absolute Gasteiger partial charge is 0.381 e. The smallest absolute Gasteiger partial charge is 0.225 e. The molecule has 104 valence electrons. The summed E-state index contributed by atoms with van der Waals surface area (Å²) in [6.45, 7) is 5.78. The van der Waals surface area contributed by atoms with Crippen LogP contribution < -0.4 is 11.1 Å². The number of rotatable bonds is 2. The lowest BCUT2D eigenvalue weighted by Gasteiger charge is -2.36. The van der Waals surface area contributed by atoms with Crippen molar-refractivity contribution in [3.05, 3.63) is 0 Å². The maximum absolute atomic E-state index is 12.4. The van der Waals surface area contributed by atoms with Crippen LogP contribution in [0.1, 0.15) is 39.5 Å². The van der Waals surface area contributed by atoms with Crippen molar-refractivity contribution in [2.24, 2.45) is 23.5 Å². The van der Waals surface area contributed by atoms with Crippen molar-refractivity contribution in [3.63, 3.8) is 0 Å². The second-order valence-electron chi connectivity index (χ2n) is 6.05. The van der Waals surface area contributed by atoms with E-state index in [1.165, 1.54) is 0 Å². The first-order valence-corrected chi connectivity index (χ1v) is 7.23. The number of ether oxygens (including phenoxy) is 1. The van der Waals surface area contributed by atoms with E-state index in [0.29, 0.717) is 11.8 Å². The van der Waals surface area contributed by atoms with E-state index in [0.717, 1.165) is 38.9 Å². The van der Waals surface area contributed by atoms with Crippen LogP contribution in [0.3, 0.4) is 0 Å². The minimum Gasteiger partial charge on any atom is -0.381 e. The van der Waals surface area contributed by atoms with Crippen LogP contribution >= 0.6 is 0 Å². The highest BCUT2D eigenvalue weighted by atomic mass is 16.5. The van der Waals surface area contributed by atoms with Crippen LogP contribution in [0, 0.1) is 17.8 Å². The van der Waals surface area contributed by atoms with Crippen LogP contribution in [-0.2, 0) is 9.53 Å². The van der Waals surface area contributed by atoms with Crippen LogP contribution in [-0.4, -0.2) is 31.2 Å². The van der Waals surface area contributed by atoms with E-state index in [4.69, 9.17) is 10.5 Å². The zero-order chi connectivity index (χ0) is 13.1. The lowest BCUT2D eigenvalue weighted by atomic mass is 9.76. The lowest BCUT2D eigenvalue weighted by molar-refractivity contribution is -0.130. The van der Waals surface area contributed by atoms with Gasteiger partial charge in [-0.1, -0.05) is 20.3 Å². The predicted octanol–water partition coefficient (Wildman–Crippen LogP) is 1.29. The third kappa shape index (κ3) is 3.04. The zero-order valence-electron chi connectivity index (χ0n) is 11.5. The van der Waals surface area contributed by atoms with Gasteiger partial charge in [0.1, 0.15) is 0 Å². The van der Waals surface area contributed by atoms with Crippen LogP contribution in [0.25, 0.3) is 0 Å². The molecule has 2 aliphatic rings. The van der Waals surface area contributed by atoms with Crippen molar-refractivity contribution >= 4 is 5.91 Å². The van der Waals surface area contributed by atoms with E-state index >= 15 is 0 Å². The zero-order valence-corrected chi connectivity index (χ0v) is 11.5. The quantitative estimate of drug-likeness (QED) is 0.780. The number of nitrogens with two attached hydrogens (primary N) is 1. The number of hydrogen-bond acceptors (Lipinski definition) is 3. The maximum Gasteiger partial charge on any atom is 0.225 e. The molecular weight excluding hydrogens is 228 g/mol. The molecule has 1 aliphatic heterocycles. The van der Waals surface area contributed by atoms with Crippen molar-refractivity contribution < 1.29 is 9.53 Å². The standard InChI is InChI=1S/C14H26N2O2/c1-9-4-3-5-11(15)13(9)14(17)16-12-6-7-18-8-10(12)2/h9-13H,3-8,15H2,1-2H3,(H,16,17). The molecule has 1 amide bonds. The van der Waals surface area contributed by atoms with E-state index in [-0.39, 0.29) is 23.9 Å². The molecule has 5 atom stereocenters. The highest BCUT2D eigenvalue weighted by Gasteiger charge is 2.35. The number of hydrogen-bond donors (Lipinski definition) is 2. The molecule has 1 heterocycles. The number of carbonyl (C=O) groups is 1. The second kappa shape index (κ2) is 6.02. The Morgan fingerprint density at radius 3 is 2.67 bits per heavy atom. The van der Waals surface area contributed by atoms with Gasteiger partial charge in [0, 0.05) is 18.7 Å². The van der Waals surface area contributed by atoms with Gasteiger partial charge in [0.25, 0.3) is 0 Å². The van der Waals surface area contributed by atoms with Crippen LogP contribution in [0.15, 0.2) is 0 Å². The van der Waals surface area contributed by atoms with Gasteiger partial charge in [0.15, 0.2) is 0 Å². The average Bonchev–Trinajstić information content (AvgIpc) is 2.32. The Morgan fingerprint density at radius 1 is 1.22 bits per heavy atom. The van der Waals surface area contributed by atoms with Crippen LogP contribution in [0.5, 0.6) is 0 Å². The van der Waals surface area contributed by atoms with Gasteiger partial charge in [0.05, 0.1) is 12.5 Å². The molecule has 3 N–H and O–H groups in total. The number of nitrogens with one attached hydrogen (secondary N) is 1. The van der Waals surface area contributed by atoms with Crippen LogP contribution in [0.4, 0.5) is 0 Å². The Hall–Kier alpha value is -0.610. The first kappa shape index (κ1) is 13.8. The fourth-order valence-electron chi connectivity index (χ4n) is 3.28. The van der Waals surface area contributed by atoms with Gasteiger partial charge >= 0.3 is 0 Å². The first-order valence-electron chi connectivity index (χ1n) is 7.23. The van der Waals surface area contributed by atoms with E-state index in [1.54, 1.807) is 0 Å². The molecule has 0 aromatic heterocycles. The molecule has 18 heavy (non-hydrogen) atoms. The summed E-state index contributed by atoms with van der Waals surface area (Å²) in [7, 11) is 0. The molecule has 2 fully saturated rings. The monoisotopic (exact) mass is 254 g/mol. The van der Waals surface area contributed by atoms with Gasteiger partial charge in [-0.2, -0.15) is 0 Å². The third-order valence-electron chi connectivity index (χ3n) is 4.54. The molecule has 0 radical (unpaired) electrons. The van der Waals surface area contributed by atoms with Crippen molar-refractivity contribution in [3.8, 4) is 0 Å². The normalized spacial score (nSPS) is 41.4. The Labute approximate surface area is 110 Å². The van der Waals surface area contributed by atoms with Gasteiger partial charge in [-0.15, -0.1) is 0 Å². The summed E-state index contributed by atoms with van der Waals surface area (Å²) < 4.78 is 5.41. The molecule has 1 aliphatic carbocycles. The summed E-state index contributed by atoms with van der Waals surface area (Å²) in [5.74, 6) is 0.962. The fraction of sp³-hybridized carbons (Fsp3) is 0.929. The van der Waals surface area contributed by atoms with Crippen molar-refractivity contribution in [2.75, 3.05) is 13.2 Å². The number of amides is 1. The lowest BCUT2D eigenvalue weighted by Crippen LogP contribution is -2.52. The molecule has 5 unspecified atom stereocenters. The third-order valence-corrected chi connectivity index (χ3v) is 4.54. The van der Waals surface area contributed by atoms with Crippen molar-refractivity contribution in [1.82, 2.24) is 5.32 Å². The molecular formula is C14H26N2O2. The molecule has 4 heteroatoms. The highest BCUT2D eigenvalue weighted by molar-refractivity contribution is 5.80. The average molecular weight is 254 g/mol. The van der Waals surface area contributed by atoms with Gasteiger partial charge in [-0.05, 0) is 31.1 Å². The summed E-state index contributed by atoms with van der Waals surface area (Å²) in [4.78, 5) is 12.4. The molecule has 1 saturated heterocycles. The minimum absolute atomic E-state index is 0.00575. The summed E-state index contributed by atoms with van der Waals surface area (Å²) in [5, 5.41) is 3.20. The first-order chi connectivity index (χ1) is 8.59. The van der Waals surface area contributed by atoms with Gasteiger partial charge < -0.3 is 15.8 Å². The van der Waals surface area contributed by atoms with E-state index in [1.807, 2.05) is 0 Å². The number of carbonyl (C=O) groups excluding carboxylic acids is 1. The van der Waals surface area contributed by atoms with Gasteiger partial charge in [-0.25, -0.2) is 0 Å². The van der Waals surface area contributed by atoms with E-state index in [2.05, 4.69) is 19.2 Å². The molecule has 2 rings (SSSR count). The summed E-state index contributed by atoms with van der Waals surface area (Å²) >= 11 is 0. The summed E-state index contributed by atoms with van der Waals surface area (Å²) in [6, 6.07) is 0.288. The van der Waals surface area contributed by atoms with Crippen molar-refractivity contribution in [2.45, 2.75) is 51.6 Å². The fourth-order valence-corrected chi connectivity index (χ4v) is 3.28. The second-order valence-corrected chi connectivity index (χ2v) is 6.05. The SMILES string of the molecule is CC1COCCC1NC(=O)C1C(C)CCCC1N. The van der Waals surface area contributed by atoms with Crippen LogP contribution in [0.2, 0.25) is 0 Å². The highest BCUT2D eigenvalue weighted by Crippen LogP contribution is 2.29. The Morgan fingerprint density at radius 2 is 2.00 bits per heavy atom. The van der Waals surface area contributed by atoms with Crippen molar-refractivity contribution in [1.29, 1.82) is 0 Å². The maximum atomic E-state index is 12.4. The predicted molar refractivity (Wildman–Crippen MR) is 71.0 cm³/mol. The summed E-state index contributed by atoms with van der Waals surface area (Å²) in [5.41, 5.74) is 6.12. The van der Waals surface area contributed by atoms with E-state index < -0.39 is 0 Å². The molecule has 0 spiro atoms. The molecule has 4 nitrogen and oxygen atoms in total. The Balaban J connectivity index is 1.93. The summed E-state index contributed by atoms with van der Waals surface area (Å²) in [6.07, 6.45) is 4.17. The van der Waals surface area contributed by atoms with E-state index in [9.17, 15) is 4.79 Å². The van der Waals surface area contributed by atoms with Gasteiger partial charge in [-0.3, -0.25) is 4.79 Å². The topological polar surface area (TPSA) is 64.3 Å². The molecule has 1 saturated carbocycles. The molecule has 0 aromatic carbocycles.